The van der Waals surface area contributed by atoms with Gasteiger partial charge in [-0.3, -0.25) is 14.6 Å². The third-order valence-corrected chi connectivity index (χ3v) is 6.33. The van der Waals surface area contributed by atoms with Gasteiger partial charge in [0.25, 0.3) is 11.8 Å². The van der Waals surface area contributed by atoms with E-state index in [0.717, 1.165) is 18.2 Å². The number of alkyl halides is 6. The highest BCUT2D eigenvalue weighted by atomic mass is 19.4. The molecule has 42 heavy (non-hydrogen) atoms. The number of amides is 2. The molecule has 2 aromatic carbocycles. The van der Waals surface area contributed by atoms with E-state index in [9.17, 15) is 35.9 Å². The molecule has 1 aliphatic carbocycles. The van der Waals surface area contributed by atoms with E-state index in [1.165, 1.54) is 43.6 Å². The number of rotatable bonds is 8. The van der Waals surface area contributed by atoms with Gasteiger partial charge in [-0.2, -0.15) is 13.2 Å². The first-order valence-corrected chi connectivity index (χ1v) is 12.3. The highest BCUT2D eigenvalue weighted by Crippen LogP contribution is 2.42. The molecule has 0 spiro atoms. The number of methoxy groups -OCH3 is 1. The number of nitrogens with one attached hydrogen (secondary N) is 1. The van der Waals surface area contributed by atoms with Crippen LogP contribution in [0.1, 0.15) is 45.7 Å². The summed E-state index contributed by atoms with van der Waals surface area (Å²) >= 11 is 0. The Kier molecular flexibility index (Phi) is 8.64. The van der Waals surface area contributed by atoms with Crippen LogP contribution in [-0.4, -0.2) is 36.4 Å². The van der Waals surface area contributed by atoms with Gasteiger partial charge in [0, 0.05) is 18.0 Å². The Hall–Kier alpha value is -4.75. The maximum atomic E-state index is 13.3. The molecule has 222 valence electrons. The highest BCUT2D eigenvalue weighted by molar-refractivity contribution is 6.07. The van der Waals surface area contributed by atoms with Gasteiger partial charge in [-0.25, -0.2) is 0 Å². The van der Waals surface area contributed by atoms with Gasteiger partial charge < -0.3 is 25.3 Å². The van der Waals surface area contributed by atoms with Gasteiger partial charge in [0.15, 0.2) is 11.5 Å². The number of anilines is 1. The number of hydrogen-bond acceptors (Lipinski definition) is 6. The molecule has 1 aliphatic rings. The zero-order chi connectivity index (χ0) is 30.7. The zero-order valence-electron chi connectivity index (χ0n) is 21.8. The van der Waals surface area contributed by atoms with Crippen molar-refractivity contribution in [1.82, 2.24) is 4.98 Å². The number of halogens is 6. The molecule has 8 nitrogen and oxygen atoms in total. The third-order valence-electron chi connectivity index (χ3n) is 6.33. The van der Waals surface area contributed by atoms with Crippen LogP contribution in [0.15, 0.2) is 60.8 Å². The number of carbonyl (C=O) groups excluding carboxylic acids is 2. The molecule has 2 amide bonds. The second kappa shape index (κ2) is 12.0. The number of nitrogens with two attached hydrogens (primary N) is 1. The maximum absolute atomic E-state index is 13.3. The number of nitrogens with zero attached hydrogens (tertiary/aromatic N) is 1. The predicted molar refractivity (Wildman–Crippen MR) is 138 cm³/mol. The molecule has 1 aromatic heterocycles. The molecule has 0 aliphatic heterocycles. The van der Waals surface area contributed by atoms with Crippen LogP contribution in [0.2, 0.25) is 0 Å². The van der Waals surface area contributed by atoms with Gasteiger partial charge in [0.05, 0.1) is 18.6 Å². The summed E-state index contributed by atoms with van der Waals surface area (Å²) in [7, 11) is 1.19. The summed E-state index contributed by atoms with van der Waals surface area (Å²) in [6.07, 6.45) is -6.75. The van der Waals surface area contributed by atoms with Crippen molar-refractivity contribution >= 4 is 23.1 Å². The van der Waals surface area contributed by atoms with E-state index in [2.05, 4.69) is 15.0 Å². The number of allylic oxidation sites excluding steroid dienone is 2. The van der Waals surface area contributed by atoms with Crippen LogP contribution in [0.5, 0.6) is 23.0 Å². The Morgan fingerprint density at radius 2 is 1.74 bits per heavy atom. The van der Waals surface area contributed by atoms with Crippen molar-refractivity contribution in [3.05, 3.63) is 77.6 Å². The smallest absolute Gasteiger partial charge is 0.493 e. The van der Waals surface area contributed by atoms with Crippen LogP contribution in [-0.2, 0) is 0 Å². The molecule has 3 aromatic rings. The van der Waals surface area contributed by atoms with Crippen molar-refractivity contribution in [3.8, 4) is 23.0 Å². The summed E-state index contributed by atoms with van der Waals surface area (Å²) in [5, 5.41) is 2.58. The second-order valence-corrected chi connectivity index (χ2v) is 9.16. The molecule has 0 radical (unpaired) electrons. The van der Waals surface area contributed by atoms with E-state index in [4.69, 9.17) is 15.2 Å². The van der Waals surface area contributed by atoms with E-state index < -0.39 is 36.0 Å². The molecule has 1 unspecified atom stereocenters. The molecule has 14 heteroatoms. The SMILES string of the molecule is COc1cc(OC(F)(F)F)ccc1Oc1cc(C2=CCC(C(F)(F)F)CC2)ccc1C(=O)Nc1ccnc(C(N)=O)c1. The number of aromatic nitrogens is 1. The van der Waals surface area contributed by atoms with Gasteiger partial charge in [-0.1, -0.05) is 12.1 Å². The number of carbonyl (C=O) groups is 2. The van der Waals surface area contributed by atoms with Gasteiger partial charge in [-0.05, 0) is 66.8 Å². The topological polar surface area (TPSA) is 113 Å². The first kappa shape index (κ1) is 30.2. The Morgan fingerprint density at radius 3 is 2.36 bits per heavy atom. The van der Waals surface area contributed by atoms with Crippen LogP contribution in [0.3, 0.4) is 0 Å². The average molecular weight is 595 g/mol. The van der Waals surface area contributed by atoms with Crippen LogP contribution in [0.25, 0.3) is 5.57 Å². The van der Waals surface area contributed by atoms with Crippen LogP contribution in [0, 0.1) is 5.92 Å². The lowest BCUT2D eigenvalue weighted by atomic mass is 9.86. The fourth-order valence-corrected chi connectivity index (χ4v) is 4.28. The highest BCUT2D eigenvalue weighted by Gasteiger charge is 2.39. The van der Waals surface area contributed by atoms with E-state index in [0.29, 0.717) is 11.1 Å². The van der Waals surface area contributed by atoms with Crippen molar-refractivity contribution in [3.63, 3.8) is 0 Å². The van der Waals surface area contributed by atoms with E-state index >= 15 is 0 Å². The van der Waals surface area contributed by atoms with E-state index in [-0.39, 0.29) is 53.5 Å². The average Bonchev–Trinajstić information content (AvgIpc) is 2.92. The molecule has 1 heterocycles. The van der Waals surface area contributed by atoms with Gasteiger partial charge >= 0.3 is 12.5 Å². The molecular formula is C28H23F6N3O5. The molecule has 0 saturated heterocycles. The normalized spacial score (nSPS) is 15.4. The molecule has 3 N–H and O–H groups in total. The molecule has 0 bridgehead atoms. The summed E-state index contributed by atoms with van der Waals surface area (Å²) in [4.78, 5) is 28.5. The predicted octanol–water partition coefficient (Wildman–Crippen LogP) is 6.88. The third kappa shape index (κ3) is 7.50. The van der Waals surface area contributed by atoms with Crippen molar-refractivity contribution in [2.24, 2.45) is 11.7 Å². The number of primary amides is 1. The monoisotopic (exact) mass is 595 g/mol. The van der Waals surface area contributed by atoms with Gasteiger partial charge in [0.1, 0.15) is 17.2 Å². The Balaban J connectivity index is 1.70. The van der Waals surface area contributed by atoms with Crippen molar-refractivity contribution in [2.45, 2.75) is 31.8 Å². The summed E-state index contributed by atoms with van der Waals surface area (Å²) in [5.41, 5.74) is 6.36. The van der Waals surface area contributed by atoms with E-state index in [1.54, 1.807) is 6.07 Å². The molecule has 0 saturated carbocycles. The minimum atomic E-state index is -4.95. The van der Waals surface area contributed by atoms with Crippen molar-refractivity contribution in [2.75, 3.05) is 12.4 Å². The van der Waals surface area contributed by atoms with Crippen LogP contribution < -0.4 is 25.3 Å². The van der Waals surface area contributed by atoms with Gasteiger partial charge in [-0.15, -0.1) is 13.2 Å². The minimum absolute atomic E-state index is 0.0431. The van der Waals surface area contributed by atoms with Crippen molar-refractivity contribution < 1.29 is 50.1 Å². The molecule has 0 fully saturated rings. The number of pyridine rings is 1. The lowest BCUT2D eigenvalue weighted by Crippen LogP contribution is -2.24. The zero-order valence-corrected chi connectivity index (χ0v) is 21.8. The number of benzene rings is 2. The summed E-state index contributed by atoms with van der Waals surface area (Å²) in [6.45, 7) is 0. The molecule has 4 rings (SSSR count). The Morgan fingerprint density at radius 1 is 0.976 bits per heavy atom. The second-order valence-electron chi connectivity index (χ2n) is 9.16. The Labute approximate surface area is 235 Å². The fraction of sp³-hybridized carbons (Fsp3) is 0.250. The largest absolute Gasteiger partial charge is 0.573 e. The lowest BCUT2D eigenvalue weighted by Gasteiger charge is -2.24. The van der Waals surface area contributed by atoms with Crippen LogP contribution in [0.4, 0.5) is 32.0 Å². The lowest BCUT2D eigenvalue weighted by molar-refractivity contribution is -0.274. The standard InChI is InChI=1S/C28H23F6N3O5/c1-40-24-14-19(42-28(32,33)34)7-9-22(24)41-23-12-16(15-2-5-17(6-3-15)27(29,30)31)4-8-20(23)26(39)37-18-10-11-36-21(13-18)25(35)38/h2,4,7-14,17H,3,5-6H2,1H3,(H2,35,38)(H,36,37,39). The quantitative estimate of drug-likeness (QED) is 0.275. The molecular weight excluding hydrogens is 572 g/mol. The fourth-order valence-electron chi connectivity index (χ4n) is 4.28. The first-order valence-electron chi connectivity index (χ1n) is 12.3. The number of ether oxygens (including phenoxy) is 3. The minimum Gasteiger partial charge on any atom is -0.493 e. The van der Waals surface area contributed by atoms with Crippen molar-refractivity contribution in [1.29, 1.82) is 0 Å². The summed E-state index contributed by atoms with van der Waals surface area (Å²) in [6, 6.07) is 10.1. The number of hydrogen-bond donors (Lipinski definition) is 2. The van der Waals surface area contributed by atoms with Gasteiger partial charge in [0.2, 0.25) is 0 Å². The summed E-state index contributed by atoms with van der Waals surface area (Å²) in [5.74, 6) is -3.87. The maximum Gasteiger partial charge on any atom is 0.573 e. The Bertz CT molecular complexity index is 1520. The van der Waals surface area contributed by atoms with E-state index in [1.807, 2.05) is 0 Å². The molecule has 1 atom stereocenters. The first-order chi connectivity index (χ1) is 19.7. The summed E-state index contributed by atoms with van der Waals surface area (Å²) < 4.78 is 92.5. The van der Waals surface area contributed by atoms with Crippen LogP contribution >= 0.6 is 0 Å².